The first-order valence-electron chi connectivity index (χ1n) is 16.6. The second kappa shape index (κ2) is 8.81. The summed E-state index contributed by atoms with van der Waals surface area (Å²) in [4.78, 5) is 0. The van der Waals surface area contributed by atoms with Crippen molar-refractivity contribution in [1.29, 1.82) is 0 Å². The maximum Gasteiger partial charge on any atom is 0.336 e. The van der Waals surface area contributed by atoms with Gasteiger partial charge in [-0.15, -0.1) is 0 Å². The normalized spacial score (nSPS) is 13.7. The third-order valence-electron chi connectivity index (χ3n) is 10.9. The Kier molecular flexibility index (Phi) is 4.59. The largest absolute Gasteiger partial charge is 0.458 e. The van der Waals surface area contributed by atoms with E-state index in [1.165, 1.54) is 65.7 Å². The average molecular weight is 610 g/mol. The number of hydrogen-bond acceptors (Lipinski definition) is 2. The van der Waals surface area contributed by atoms with Gasteiger partial charge in [-0.1, -0.05) is 103 Å². The van der Waals surface area contributed by atoms with Crippen molar-refractivity contribution in [3.8, 4) is 34.1 Å². The number of benzene rings is 7. The van der Waals surface area contributed by atoms with E-state index in [2.05, 4.69) is 155 Å². The number of nitrogens with zero attached hydrogens (tertiary/aromatic N) is 2. The van der Waals surface area contributed by atoms with E-state index in [4.69, 9.17) is 9.47 Å². The van der Waals surface area contributed by atoms with Crippen molar-refractivity contribution in [2.75, 3.05) is 0 Å². The van der Waals surface area contributed by atoms with E-state index in [0.717, 1.165) is 33.9 Å². The molecule has 0 atom stereocenters. The van der Waals surface area contributed by atoms with Crippen molar-refractivity contribution in [2.24, 2.45) is 0 Å². The van der Waals surface area contributed by atoms with Gasteiger partial charge in [-0.3, -0.25) is 0 Å². The third-order valence-corrected chi connectivity index (χ3v) is 10.9. The van der Waals surface area contributed by atoms with Crippen LogP contribution in [0.25, 0.3) is 54.7 Å². The molecule has 12 rings (SSSR count). The lowest BCUT2D eigenvalue weighted by Crippen LogP contribution is -2.54. The lowest BCUT2D eigenvalue weighted by Gasteiger charge is -2.34. The Morgan fingerprint density at radius 2 is 0.958 bits per heavy atom. The molecule has 0 N–H and O–H groups in total. The second-order valence-electron chi connectivity index (χ2n) is 13.2. The van der Waals surface area contributed by atoms with Crippen LogP contribution in [0.5, 0.6) is 23.0 Å². The van der Waals surface area contributed by atoms with Gasteiger partial charge in [0, 0.05) is 54.6 Å². The van der Waals surface area contributed by atoms with Crippen LogP contribution in [0, 0.1) is 0 Å². The fourth-order valence-corrected chi connectivity index (χ4v) is 9.08. The van der Waals surface area contributed by atoms with Crippen LogP contribution in [0.15, 0.2) is 146 Å². The molecule has 9 aromatic rings. The minimum absolute atomic E-state index is 0.0103. The summed E-state index contributed by atoms with van der Waals surface area (Å²) in [5.41, 5.74) is 12.2. The molecular formula is C42H24B2N2O2. The Morgan fingerprint density at radius 3 is 1.67 bits per heavy atom. The molecule has 7 aromatic carbocycles. The highest BCUT2D eigenvalue weighted by molar-refractivity contribution is 6.89. The van der Waals surface area contributed by atoms with E-state index in [1.54, 1.807) is 0 Å². The molecule has 3 aliphatic heterocycles. The summed E-state index contributed by atoms with van der Waals surface area (Å²) >= 11 is 0. The standard InChI is InChI=1S/C42H24B2N2O2/c1-6-18-32-25(12-1)28-24-34-39(40-27-14-11-23-38-41(27)44(46(32)42(28)40)31-17-5-10-22-37(31)48-38)26-13-2-7-19-33(26)45(34)43-29-15-3-8-20-35(29)47-36-21-9-4-16-30(36)43/h1-24H. The minimum atomic E-state index is -0.0669. The number of para-hydroxylation sites is 5. The molecule has 0 bridgehead atoms. The quantitative estimate of drug-likeness (QED) is 0.181. The number of rotatable bonds is 1. The molecule has 0 radical (unpaired) electrons. The average Bonchev–Trinajstić information content (AvgIpc) is 3.65. The van der Waals surface area contributed by atoms with Gasteiger partial charge in [-0.2, -0.15) is 0 Å². The maximum absolute atomic E-state index is 6.67. The molecule has 0 saturated heterocycles. The smallest absolute Gasteiger partial charge is 0.336 e. The van der Waals surface area contributed by atoms with Crippen LogP contribution in [-0.4, -0.2) is 22.7 Å². The summed E-state index contributed by atoms with van der Waals surface area (Å²) < 4.78 is 18.3. The van der Waals surface area contributed by atoms with Crippen LogP contribution in [0.2, 0.25) is 0 Å². The lowest BCUT2D eigenvalue weighted by molar-refractivity contribution is 0.486. The number of aromatic nitrogens is 2. The van der Waals surface area contributed by atoms with Gasteiger partial charge in [0.15, 0.2) is 0 Å². The highest BCUT2D eigenvalue weighted by atomic mass is 16.5. The van der Waals surface area contributed by atoms with Crippen LogP contribution < -0.4 is 31.3 Å². The monoisotopic (exact) mass is 610 g/mol. The van der Waals surface area contributed by atoms with Crippen molar-refractivity contribution in [3.05, 3.63) is 146 Å². The highest BCUT2D eigenvalue weighted by Crippen LogP contribution is 2.48. The molecule has 0 saturated carbocycles. The fraction of sp³-hybridized carbons (Fsp3) is 0. The van der Waals surface area contributed by atoms with Crippen molar-refractivity contribution in [1.82, 2.24) is 8.96 Å². The van der Waals surface area contributed by atoms with Crippen molar-refractivity contribution >= 4 is 79.2 Å². The Hall–Kier alpha value is -6.13. The van der Waals surface area contributed by atoms with Crippen molar-refractivity contribution in [2.45, 2.75) is 0 Å². The van der Waals surface area contributed by atoms with Gasteiger partial charge in [0.2, 0.25) is 0 Å². The first kappa shape index (κ1) is 25.0. The minimum Gasteiger partial charge on any atom is -0.458 e. The van der Waals surface area contributed by atoms with Gasteiger partial charge in [0.05, 0.1) is 0 Å². The maximum atomic E-state index is 6.67. The van der Waals surface area contributed by atoms with Gasteiger partial charge < -0.3 is 18.4 Å². The Bertz CT molecular complexity index is 2840. The zero-order valence-electron chi connectivity index (χ0n) is 25.7. The number of hydrogen-bond donors (Lipinski definition) is 0. The SMILES string of the molecule is c1ccc2c(c1)Oc1ccccc1B2n1c2ccccc2c2c3c4c(cc21)c1ccccc1n4B1c2ccccc2Oc2cccc-3c21. The van der Waals surface area contributed by atoms with E-state index in [-0.39, 0.29) is 13.7 Å². The van der Waals surface area contributed by atoms with Gasteiger partial charge >= 0.3 is 13.7 Å². The van der Waals surface area contributed by atoms with E-state index < -0.39 is 0 Å². The molecular weight excluding hydrogens is 586 g/mol. The Labute approximate surface area is 276 Å². The van der Waals surface area contributed by atoms with Crippen LogP contribution >= 0.6 is 0 Å². The Balaban J connectivity index is 1.31. The molecule has 0 aliphatic carbocycles. The predicted molar refractivity (Wildman–Crippen MR) is 198 cm³/mol. The highest BCUT2D eigenvalue weighted by Gasteiger charge is 2.43. The summed E-state index contributed by atoms with van der Waals surface area (Å²) in [6, 6.07) is 52.4. The molecule has 0 fully saturated rings. The first-order valence-corrected chi connectivity index (χ1v) is 16.6. The predicted octanol–water partition coefficient (Wildman–Crippen LogP) is 7.40. The van der Waals surface area contributed by atoms with Crippen LogP contribution in [-0.2, 0) is 0 Å². The first-order chi connectivity index (χ1) is 23.8. The van der Waals surface area contributed by atoms with E-state index in [0.29, 0.717) is 0 Å². The second-order valence-corrected chi connectivity index (χ2v) is 13.2. The number of ether oxygens (including phenoxy) is 2. The van der Waals surface area contributed by atoms with Crippen LogP contribution in [0.3, 0.4) is 0 Å². The molecule has 220 valence electrons. The summed E-state index contributed by atoms with van der Waals surface area (Å²) in [6.45, 7) is -0.0566. The molecule has 3 aliphatic rings. The summed E-state index contributed by atoms with van der Waals surface area (Å²) in [5.74, 6) is 3.67. The topological polar surface area (TPSA) is 28.3 Å². The van der Waals surface area contributed by atoms with Crippen LogP contribution in [0.4, 0.5) is 0 Å². The molecule has 0 unspecified atom stereocenters. The molecule has 4 nitrogen and oxygen atoms in total. The summed E-state index contributed by atoms with van der Waals surface area (Å²) in [6.07, 6.45) is 0. The molecule has 5 heterocycles. The Morgan fingerprint density at radius 1 is 0.417 bits per heavy atom. The molecule has 0 spiro atoms. The zero-order valence-corrected chi connectivity index (χ0v) is 25.7. The third kappa shape index (κ3) is 2.95. The summed E-state index contributed by atoms with van der Waals surface area (Å²) in [7, 11) is 0. The van der Waals surface area contributed by atoms with E-state index >= 15 is 0 Å². The fourth-order valence-electron chi connectivity index (χ4n) is 9.08. The summed E-state index contributed by atoms with van der Waals surface area (Å²) in [5, 5.41) is 5.05. The van der Waals surface area contributed by atoms with Crippen LogP contribution in [0.1, 0.15) is 0 Å². The van der Waals surface area contributed by atoms with Gasteiger partial charge in [0.1, 0.15) is 23.0 Å². The lowest BCUT2D eigenvalue weighted by atomic mass is 9.46. The van der Waals surface area contributed by atoms with Crippen molar-refractivity contribution < 1.29 is 9.47 Å². The molecule has 0 amide bonds. The molecule has 6 heteroatoms. The molecule has 2 aromatic heterocycles. The van der Waals surface area contributed by atoms with Gasteiger partial charge in [-0.05, 0) is 64.4 Å². The van der Waals surface area contributed by atoms with E-state index in [1.807, 2.05) is 0 Å². The van der Waals surface area contributed by atoms with Gasteiger partial charge in [-0.25, -0.2) is 0 Å². The molecule has 48 heavy (non-hydrogen) atoms. The van der Waals surface area contributed by atoms with Crippen molar-refractivity contribution in [3.63, 3.8) is 0 Å². The zero-order chi connectivity index (χ0) is 31.1. The van der Waals surface area contributed by atoms with Gasteiger partial charge in [0.25, 0.3) is 0 Å². The van der Waals surface area contributed by atoms with E-state index in [9.17, 15) is 0 Å². The number of fused-ring (bicyclic) bond motifs is 13.